The molecule has 4 heteroatoms. The second-order valence-corrected chi connectivity index (χ2v) is 5.50. The smallest absolute Gasteiger partial charge is 0.190 e. The van der Waals surface area contributed by atoms with Crippen LogP contribution in [0.15, 0.2) is 30.3 Å². The van der Waals surface area contributed by atoms with E-state index in [9.17, 15) is 4.79 Å². The van der Waals surface area contributed by atoms with Crippen molar-refractivity contribution < 1.29 is 4.79 Å². The number of carbonyl (C=O) groups excluding carboxylic acids is 1. The number of hydrogen-bond acceptors (Lipinski definition) is 4. The normalized spacial score (nSPS) is 14.4. The van der Waals surface area contributed by atoms with Crippen molar-refractivity contribution in [2.24, 2.45) is 0 Å². The minimum atomic E-state index is 0.195. The molecule has 0 fully saturated rings. The van der Waals surface area contributed by atoms with Crippen molar-refractivity contribution in [1.29, 1.82) is 0 Å². The molecule has 18 heavy (non-hydrogen) atoms. The van der Waals surface area contributed by atoms with Crippen molar-refractivity contribution in [3.05, 3.63) is 40.9 Å². The van der Waals surface area contributed by atoms with Gasteiger partial charge in [-0.05, 0) is 25.0 Å². The fourth-order valence-electron chi connectivity index (χ4n) is 2.16. The van der Waals surface area contributed by atoms with E-state index in [0.29, 0.717) is 12.1 Å². The Morgan fingerprint density at radius 2 is 2.00 bits per heavy atom. The Hall–Kier alpha value is -1.68. The van der Waals surface area contributed by atoms with Gasteiger partial charge in [0.1, 0.15) is 5.69 Å². The molecular weight excluding hydrogens is 244 g/mol. The van der Waals surface area contributed by atoms with Crippen molar-refractivity contribution >= 4 is 27.9 Å². The number of fused-ring (bicyclic) bond motifs is 1. The summed E-state index contributed by atoms with van der Waals surface area (Å²) in [7, 11) is 1.99. The van der Waals surface area contributed by atoms with E-state index < -0.39 is 0 Å². The van der Waals surface area contributed by atoms with Gasteiger partial charge < -0.3 is 4.90 Å². The van der Waals surface area contributed by atoms with Crippen LogP contribution >= 0.6 is 11.3 Å². The van der Waals surface area contributed by atoms with Crippen LogP contribution in [0.1, 0.15) is 28.2 Å². The predicted molar refractivity (Wildman–Crippen MR) is 73.9 cm³/mol. The molecule has 0 amide bonds. The fourth-order valence-corrected chi connectivity index (χ4v) is 3.26. The van der Waals surface area contributed by atoms with Gasteiger partial charge in [-0.25, -0.2) is 4.98 Å². The Bertz CT molecular complexity index is 577. The quantitative estimate of drug-likeness (QED) is 0.827. The molecule has 1 aliphatic carbocycles. The maximum absolute atomic E-state index is 11.8. The van der Waals surface area contributed by atoms with Crippen molar-refractivity contribution in [3.8, 4) is 0 Å². The number of benzene rings is 1. The molecule has 3 rings (SSSR count). The summed E-state index contributed by atoms with van der Waals surface area (Å²) in [5, 5.41) is 0.904. The Morgan fingerprint density at radius 3 is 2.72 bits per heavy atom. The van der Waals surface area contributed by atoms with Crippen LogP contribution in [0, 0.1) is 0 Å². The number of rotatable bonds is 2. The van der Waals surface area contributed by atoms with Crippen molar-refractivity contribution in [1.82, 2.24) is 4.98 Å². The summed E-state index contributed by atoms with van der Waals surface area (Å²) in [6.45, 7) is 0. The van der Waals surface area contributed by atoms with Gasteiger partial charge in [-0.15, -0.1) is 11.3 Å². The molecule has 92 valence electrons. The summed E-state index contributed by atoms with van der Waals surface area (Å²) >= 11 is 1.64. The maximum atomic E-state index is 11.8. The lowest BCUT2D eigenvalue weighted by atomic mass is 10.0. The third kappa shape index (κ3) is 1.93. The lowest BCUT2D eigenvalue weighted by Crippen LogP contribution is -2.11. The summed E-state index contributed by atoms with van der Waals surface area (Å²) in [6.07, 6.45) is 2.59. The average Bonchev–Trinajstić information content (AvgIpc) is 2.84. The van der Waals surface area contributed by atoms with Gasteiger partial charge in [0, 0.05) is 24.0 Å². The maximum Gasteiger partial charge on any atom is 0.190 e. The first-order valence-electron chi connectivity index (χ1n) is 6.07. The highest BCUT2D eigenvalue weighted by atomic mass is 32.1. The van der Waals surface area contributed by atoms with Gasteiger partial charge in [0.05, 0.1) is 0 Å². The van der Waals surface area contributed by atoms with Crippen LogP contribution in [0.4, 0.5) is 10.8 Å². The molecule has 0 N–H and O–H groups in total. The van der Waals surface area contributed by atoms with Crippen LogP contribution in [0.2, 0.25) is 0 Å². The summed E-state index contributed by atoms with van der Waals surface area (Å²) in [5.41, 5.74) is 1.79. The minimum Gasteiger partial charge on any atom is -0.321 e. The van der Waals surface area contributed by atoms with Gasteiger partial charge in [0.15, 0.2) is 10.9 Å². The third-order valence-electron chi connectivity index (χ3n) is 3.19. The second-order valence-electron chi connectivity index (χ2n) is 4.44. The van der Waals surface area contributed by atoms with Crippen molar-refractivity contribution in [3.63, 3.8) is 0 Å². The van der Waals surface area contributed by atoms with Gasteiger partial charge in [0.2, 0.25) is 0 Å². The number of hydrogen-bond donors (Lipinski definition) is 0. The number of Topliss-reactive ketones (excluding diaryl/α,β-unsaturated/α-hetero) is 1. The van der Waals surface area contributed by atoms with Gasteiger partial charge in [-0.1, -0.05) is 18.2 Å². The van der Waals surface area contributed by atoms with Gasteiger partial charge in [-0.3, -0.25) is 4.79 Å². The van der Waals surface area contributed by atoms with Crippen LogP contribution in [0.3, 0.4) is 0 Å². The van der Waals surface area contributed by atoms with Crippen LogP contribution in [0.5, 0.6) is 0 Å². The van der Waals surface area contributed by atoms with E-state index in [2.05, 4.69) is 4.98 Å². The second kappa shape index (κ2) is 4.53. The zero-order valence-corrected chi connectivity index (χ0v) is 11.0. The molecule has 0 saturated carbocycles. The molecule has 1 aromatic heterocycles. The van der Waals surface area contributed by atoms with E-state index in [1.54, 1.807) is 11.3 Å². The molecule has 2 aromatic rings. The summed E-state index contributed by atoms with van der Waals surface area (Å²) < 4.78 is 0. The van der Waals surface area contributed by atoms with Crippen LogP contribution < -0.4 is 4.90 Å². The molecular formula is C14H14N2OS. The van der Waals surface area contributed by atoms with Gasteiger partial charge in [-0.2, -0.15) is 0 Å². The zero-order chi connectivity index (χ0) is 12.5. The molecule has 1 aromatic carbocycles. The number of aromatic nitrogens is 1. The zero-order valence-electron chi connectivity index (χ0n) is 10.2. The molecule has 1 aliphatic rings. The highest BCUT2D eigenvalue weighted by Crippen LogP contribution is 2.34. The molecule has 0 atom stereocenters. The van der Waals surface area contributed by atoms with E-state index in [1.165, 1.54) is 0 Å². The number of aryl methyl sites for hydroxylation is 1. The number of para-hydroxylation sites is 1. The fraction of sp³-hybridized carbons (Fsp3) is 0.286. The molecule has 0 saturated heterocycles. The first-order chi connectivity index (χ1) is 8.75. The highest BCUT2D eigenvalue weighted by molar-refractivity contribution is 7.16. The molecule has 0 aliphatic heterocycles. The van der Waals surface area contributed by atoms with Crippen LogP contribution in [0.25, 0.3) is 0 Å². The monoisotopic (exact) mass is 258 g/mol. The van der Waals surface area contributed by atoms with Gasteiger partial charge in [0.25, 0.3) is 0 Å². The number of ketones is 1. The Morgan fingerprint density at radius 1 is 1.22 bits per heavy atom. The third-order valence-corrected chi connectivity index (χ3v) is 4.38. The topological polar surface area (TPSA) is 33.2 Å². The Labute approximate surface area is 110 Å². The molecule has 0 bridgehead atoms. The predicted octanol–water partition coefficient (Wildman–Crippen LogP) is 3.43. The first kappa shape index (κ1) is 11.4. The van der Waals surface area contributed by atoms with E-state index in [-0.39, 0.29) is 5.78 Å². The summed E-state index contributed by atoms with van der Waals surface area (Å²) in [6, 6.07) is 10.1. The van der Waals surface area contributed by atoms with Crippen LogP contribution in [-0.4, -0.2) is 17.8 Å². The lowest BCUT2D eigenvalue weighted by Gasteiger charge is -2.15. The van der Waals surface area contributed by atoms with Crippen LogP contribution in [-0.2, 0) is 6.42 Å². The molecule has 0 unspecified atom stereocenters. The summed E-state index contributed by atoms with van der Waals surface area (Å²) in [4.78, 5) is 19.5. The highest BCUT2D eigenvalue weighted by Gasteiger charge is 2.23. The standard InChI is InChI=1S/C14H14N2OS/c1-16(10-6-3-2-4-7-10)14-15-13-11(17)8-5-9-12(13)18-14/h2-4,6-7H,5,8-9H2,1H3. The number of carbonyl (C=O) groups is 1. The lowest BCUT2D eigenvalue weighted by molar-refractivity contribution is 0.0968. The largest absolute Gasteiger partial charge is 0.321 e. The Balaban J connectivity index is 1.96. The summed E-state index contributed by atoms with van der Waals surface area (Å²) in [5.74, 6) is 0.195. The van der Waals surface area contributed by atoms with E-state index >= 15 is 0 Å². The molecule has 1 heterocycles. The SMILES string of the molecule is CN(c1ccccc1)c1nc2c(s1)CCCC2=O. The molecule has 3 nitrogen and oxygen atoms in total. The van der Waals surface area contributed by atoms with E-state index in [1.807, 2.05) is 42.3 Å². The molecule has 0 radical (unpaired) electrons. The van der Waals surface area contributed by atoms with Crippen molar-refractivity contribution in [2.75, 3.05) is 11.9 Å². The first-order valence-corrected chi connectivity index (χ1v) is 6.89. The number of thiazole rings is 1. The molecule has 0 spiro atoms. The average molecular weight is 258 g/mol. The minimum absolute atomic E-state index is 0.195. The van der Waals surface area contributed by atoms with E-state index in [0.717, 1.165) is 28.5 Å². The van der Waals surface area contributed by atoms with Crippen molar-refractivity contribution in [2.45, 2.75) is 19.3 Å². The van der Waals surface area contributed by atoms with Gasteiger partial charge >= 0.3 is 0 Å². The number of nitrogens with zero attached hydrogens (tertiary/aromatic N) is 2. The Kier molecular flexibility index (Phi) is 2.88. The van der Waals surface area contributed by atoms with E-state index in [4.69, 9.17) is 0 Å². The number of anilines is 2.